The van der Waals surface area contributed by atoms with Gasteiger partial charge in [-0.15, -0.1) is 0 Å². The molecule has 4 rings (SSSR count). The summed E-state index contributed by atoms with van der Waals surface area (Å²) in [6.07, 6.45) is 5.65. The molecule has 2 aliphatic rings. The highest BCUT2D eigenvalue weighted by Gasteiger charge is 2.35. The molecule has 7 heteroatoms. The van der Waals surface area contributed by atoms with Crippen molar-refractivity contribution in [1.82, 2.24) is 5.32 Å². The third-order valence-corrected chi connectivity index (χ3v) is 6.39. The van der Waals surface area contributed by atoms with E-state index in [0.29, 0.717) is 17.8 Å². The highest BCUT2D eigenvalue weighted by molar-refractivity contribution is 6.07. The zero-order valence-corrected chi connectivity index (χ0v) is 19.9. The topological polar surface area (TPSA) is 87.7 Å². The molecule has 1 saturated carbocycles. The zero-order chi connectivity index (χ0) is 24.1. The Balaban J connectivity index is 1.39. The average Bonchev–Trinajstić information content (AvgIpc) is 3.22. The second kappa shape index (κ2) is 10.7. The fourth-order valence-corrected chi connectivity index (χ4v) is 4.64. The molecule has 0 aromatic heterocycles. The predicted octanol–water partition coefficient (Wildman–Crippen LogP) is 4.53. The Morgan fingerprint density at radius 3 is 2.41 bits per heavy atom. The first-order valence-corrected chi connectivity index (χ1v) is 12.2. The van der Waals surface area contributed by atoms with Crippen molar-refractivity contribution < 1.29 is 19.1 Å². The van der Waals surface area contributed by atoms with E-state index in [-0.39, 0.29) is 36.3 Å². The third-order valence-electron chi connectivity index (χ3n) is 6.39. The van der Waals surface area contributed by atoms with Crippen LogP contribution in [0.15, 0.2) is 48.5 Å². The zero-order valence-electron chi connectivity index (χ0n) is 19.9. The van der Waals surface area contributed by atoms with Crippen LogP contribution in [0.2, 0.25) is 0 Å². The molecule has 1 heterocycles. The normalized spacial score (nSPS) is 18.7. The molecule has 0 spiro atoms. The molecule has 2 fully saturated rings. The molecule has 180 valence electrons. The fraction of sp³-hybridized carbons (Fsp3) is 0.444. The Kier molecular flexibility index (Phi) is 7.50. The van der Waals surface area contributed by atoms with E-state index in [9.17, 15) is 14.4 Å². The Morgan fingerprint density at radius 2 is 1.71 bits per heavy atom. The molecule has 1 atom stereocenters. The molecule has 1 aliphatic carbocycles. The minimum atomic E-state index is -0.492. The van der Waals surface area contributed by atoms with Gasteiger partial charge in [0.1, 0.15) is 5.75 Å². The van der Waals surface area contributed by atoms with Crippen molar-refractivity contribution in [1.29, 1.82) is 0 Å². The molecule has 34 heavy (non-hydrogen) atoms. The van der Waals surface area contributed by atoms with Crippen molar-refractivity contribution in [2.24, 2.45) is 5.92 Å². The number of benzene rings is 2. The number of nitrogens with zero attached hydrogens (tertiary/aromatic N) is 1. The highest BCUT2D eigenvalue weighted by Crippen LogP contribution is 2.28. The van der Waals surface area contributed by atoms with Crippen LogP contribution in [0.4, 0.5) is 11.4 Å². The molecule has 7 nitrogen and oxygen atoms in total. The maximum absolute atomic E-state index is 13.0. The summed E-state index contributed by atoms with van der Waals surface area (Å²) >= 11 is 0. The van der Waals surface area contributed by atoms with Gasteiger partial charge in [-0.2, -0.15) is 0 Å². The predicted molar refractivity (Wildman–Crippen MR) is 132 cm³/mol. The van der Waals surface area contributed by atoms with Gasteiger partial charge < -0.3 is 20.3 Å². The van der Waals surface area contributed by atoms with E-state index in [4.69, 9.17) is 4.74 Å². The van der Waals surface area contributed by atoms with Crippen LogP contribution in [0.1, 0.15) is 62.7 Å². The van der Waals surface area contributed by atoms with E-state index in [1.807, 2.05) is 38.1 Å². The van der Waals surface area contributed by atoms with Gasteiger partial charge in [0.15, 0.2) is 0 Å². The van der Waals surface area contributed by atoms with Crippen LogP contribution in [0.5, 0.6) is 5.75 Å². The SMILES string of the molecule is CC(C)Oc1ccc(N2C[C@H](C(=O)Nc3ccccc3C(=O)NC3CCCCC3)CC2=O)cc1. The number of para-hydroxylation sites is 1. The Labute approximate surface area is 200 Å². The quantitative estimate of drug-likeness (QED) is 0.632. The van der Waals surface area contributed by atoms with Crippen LogP contribution in [0.25, 0.3) is 0 Å². The largest absolute Gasteiger partial charge is 0.491 e. The van der Waals surface area contributed by atoms with Gasteiger partial charge in [0.25, 0.3) is 5.91 Å². The summed E-state index contributed by atoms with van der Waals surface area (Å²) in [5.74, 6) is -0.276. The lowest BCUT2D eigenvalue weighted by molar-refractivity contribution is -0.122. The second-order valence-electron chi connectivity index (χ2n) is 9.41. The lowest BCUT2D eigenvalue weighted by Crippen LogP contribution is -2.36. The Hall–Kier alpha value is -3.35. The number of hydrogen-bond donors (Lipinski definition) is 2. The van der Waals surface area contributed by atoms with Crippen molar-refractivity contribution in [2.45, 2.75) is 64.5 Å². The van der Waals surface area contributed by atoms with Gasteiger partial charge in [0, 0.05) is 24.7 Å². The average molecular weight is 464 g/mol. The number of rotatable bonds is 7. The molecule has 1 aliphatic heterocycles. The Bertz CT molecular complexity index is 1030. The van der Waals surface area contributed by atoms with Crippen LogP contribution >= 0.6 is 0 Å². The molecule has 2 aromatic rings. The lowest BCUT2D eigenvalue weighted by Gasteiger charge is -2.23. The first-order valence-electron chi connectivity index (χ1n) is 12.2. The molecular formula is C27H33N3O4. The number of anilines is 2. The van der Waals surface area contributed by atoms with E-state index in [0.717, 1.165) is 37.1 Å². The maximum atomic E-state index is 13.0. The van der Waals surface area contributed by atoms with E-state index >= 15 is 0 Å². The van der Waals surface area contributed by atoms with Crippen molar-refractivity contribution >= 4 is 29.1 Å². The third kappa shape index (κ3) is 5.76. The standard InChI is InChI=1S/C27H33N3O4/c1-18(2)34-22-14-12-21(13-15-22)30-17-19(16-25(30)31)26(32)29-24-11-7-6-10-23(24)27(33)28-20-8-4-3-5-9-20/h6-7,10-15,18-20H,3-5,8-9,16-17H2,1-2H3,(H,28,33)(H,29,32)/t19-/m1/s1. The first-order chi connectivity index (χ1) is 16.4. The van der Waals surface area contributed by atoms with Gasteiger partial charge in [0.05, 0.1) is 23.3 Å². The monoisotopic (exact) mass is 463 g/mol. The number of carbonyl (C=O) groups is 3. The van der Waals surface area contributed by atoms with Crippen LogP contribution in [-0.4, -0.2) is 36.4 Å². The number of hydrogen-bond acceptors (Lipinski definition) is 4. The van der Waals surface area contributed by atoms with E-state index in [1.165, 1.54) is 6.42 Å². The Morgan fingerprint density at radius 1 is 1.00 bits per heavy atom. The smallest absolute Gasteiger partial charge is 0.253 e. The first kappa shape index (κ1) is 23.8. The second-order valence-corrected chi connectivity index (χ2v) is 9.41. The van der Waals surface area contributed by atoms with Crippen molar-refractivity contribution in [3.8, 4) is 5.75 Å². The number of nitrogens with one attached hydrogen (secondary N) is 2. The molecule has 0 unspecified atom stereocenters. The van der Waals surface area contributed by atoms with Crippen LogP contribution in [0.3, 0.4) is 0 Å². The van der Waals surface area contributed by atoms with Crippen LogP contribution in [0, 0.1) is 5.92 Å². The minimum absolute atomic E-state index is 0.0694. The minimum Gasteiger partial charge on any atom is -0.491 e. The number of ether oxygens (including phenoxy) is 1. The molecule has 2 N–H and O–H groups in total. The highest BCUT2D eigenvalue weighted by atomic mass is 16.5. The molecular weight excluding hydrogens is 430 g/mol. The van der Waals surface area contributed by atoms with E-state index in [2.05, 4.69) is 10.6 Å². The summed E-state index contributed by atoms with van der Waals surface area (Å²) in [6, 6.07) is 14.5. The summed E-state index contributed by atoms with van der Waals surface area (Å²) in [5.41, 5.74) is 1.66. The summed E-state index contributed by atoms with van der Waals surface area (Å²) in [7, 11) is 0. The van der Waals surface area contributed by atoms with Gasteiger partial charge >= 0.3 is 0 Å². The van der Waals surface area contributed by atoms with Crippen LogP contribution in [-0.2, 0) is 9.59 Å². The van der Waals surface area contributed by atoms with Gasteiger partial charge in [-0.25, -0.2) is 0 Å². The number of amides is 3. The fourth-order valence-electron chi connectivity index (χ4n) is 4.64. The molecule has 0 bridgehead atoms. The molecule has 3 amide bonds. The number of carbonyl (C=O) groups excluding carboxylic acids is 3. The molecule has 2 aromatic carbocycles. The van der Waals surface area contributed by atoms with E-state index in [1.54, 1.807) is 29.2 Å². The maximum Gasteiger partial charge on any atom is 0.253 e. The van der Waals surface area contributed by atoms with E-state index < -0.39 is 5.92 Å². The molecule has 0 radical (unpaired) electrons. The lowest BCUT2D eigenvalue weighted by atomic mass is 9.95. The van der Waals surface area contributed by atoms with Gasteiger partial charge in [0.2, 0.25) is 11.8 Å². The van der Waals surface area contributed by atoms with Crippen molar-refractivity contribution in [3.05, 3.63) is 54.1 Å². The summed E-state index contributed by atoms with van der Waals surface area (Å²) in [6.45, 7) is 4.21. The van der Waals surface area contributed by atoms with Gasteiger partial charge in [-0.05, 0) is 63.1 Å². The molecule has 1 saturated heterocycles. The van der Waals surface area contributed by atoms with Crippen molar-refractivity contribution in [2.75, 3.05) is 16.8 Å². The summed E-state index contributed by atoms with van der Waals surface area (Å²) in [5, 5.41) is 6.00. The van der Waals surface area contributed by atoms with Crippen molar-refractivity contribution in [3.63, 3.8) is 0 Å². The summed E-state index contributed by atoms with van der Waals surface area (Å²) < 4.78 is 5.66. The summed E-state index contributed by atoms with van der Waals surface area (Å²) in [4.78, 5) is 40.2. The van der Waals surface area contributed by atoms with Gasteiger partial charge in [-0.1, -0.05) is 31.4 Å². The van der Waals surface area contributed by atoms with Gasteiger partial charge in [-0.3, -0.25) is 14.4 Å². The van der Waals surface area contributed by atoms with Crippen LogP contribution < -0.4 is 20.3 Å².